The Bertz CT molecular complexity index is 694. The SMILES string of the molecule is C/C(=N\NC(=O)c1ccc(Cl)cc1)c1cc(C)ccc1O. The molecule has 2 aromatic carbocycles. The molecule has 5 heteroatoms. The van der Waals surface area contributed by atoms with E-state index in [2.05, 4.69) is 10.5 Å². The van der Waals surface area contributed by atoms with E-state index in [1.54, 1.807) is 43.3 Å². The molecule has 2 rings (SSSR count). The normalized spacial score (nSPS) is 11.3. The number of hydrogen-bond donors (Lipinski definition) is 2. The van der Waals surface area contributed by atoms with E-state index in [9.17, 15) is 9.90 Å². The fourth-order valence-corrected chi connectivity index (χ4v) is 1.93. The second kappa shape index (κ2) is 6.41. The minimum absolute atomic E-state index is 0.127. The molecule has 0 heterocycles. The van der Waals surface area contributed by atoms with E-state index in [-0.39, 0.29) is 11.7 Å². The summed E-state index contributed by atoms with van der Waals surface area (Å²) in [6.07, 6.45) is 0. The van der Waals surface area contributed by atoms with Gasteiger partial charge in [0.25, 0.3) is 5.91 Å². The van der Waals surface area contributed by atoms with Crippen molar-refractivity contribution >= 4 is 23.2 Å². The van der Waals surface area contributed by atoms with E-state index in [1.807, 2.05) is 13.0 Å². The number of nitrogens with one attached hydrogen (secondary N) is 1. The van der Waals surface area contributed by atoms with Gasteiger partial charge in [0.1, 0.15) is 5.75 Å². The number of phenolic OH excluding ortho intramolecular Hbond substituents is 1. The van der Waals surface area contributed by atoms with Gasteiger partial charge in [-0.3, -0.25) is 4.79 Å². The minimum Gasteiger partial charge on any atom is -0.507 e. The third kappa shape index (κ3) is 3.83. The highest BCUT2D eigenvalue weighted by molar-refractivity contribution is 6.30. The molecule has 0 bridgehead atoms. The second-order valence-corrected chi connectivity index (χ2v) is 5.10. The van der Waals surface area contributed by atoms with Gasteiger partial charge in [0.05, 0.1) is 5.71 Å². The van der Waals surface area contributed by atoms with Crippen LogP contribution < -0.4 is 5.43 Å². The Morgan fingerprint density at radius 1 is 1.19 bits per heavy atom. The van der Waals surface area contributed by atoms with Gasteiger partial charge in [0.2, 0.25) is 0 Å². The zero-order valence-corrected chi connectivity index (χ0v) is 12.5. The summed E-state index contributed by atoms with van der Waals surface area (Å²) in [6, 6.07) is 11.7. The Labute approximate surface area is 128 Å². The van der Waals surface area contributed by atoms with Crippen LogP contribution >= 0.6 is 11.6 Å². The van der Waals surface area contributed by atoms with Crippen LogP contribution in [0.25, 0.3) is 0 Å². The van der Waals surface area contributed by atoms with Crippen LogP contribution in [-0.2, 0) is 0 Å². The second-order valence-electron chi connectivity index (χ2n) is 4.67. The summed E-state index contributed by atoms with van der Waals surface area (Å²) in [6.45, 7) is 3.64. The van der Waals surface area contributed by atoms with Gasteiger partial charge in [0.15, 0.2) is 0 Å². The molecule has 0 radical (unpaired) electrons. The van der Waals surface area contributed by atoms with Crippen molar-refractivity contribution in [3.05, 3.63) is 64.2 Å². The smallest absolute Gasteiger partial charge is 0.271 e. The molecule has 0 aliphatic carbocycles. The Hall–Kier alpha value is -2.33. The summed E-state index contributed by atoms with van der Waals surface area (Å²) in [5, 5.41) is 14.4. The standard InChI is InChI=1S/C16H15ClN2O2/c1-10-3-8-15(20)14(9-10)11(2)18-19-16(21)12-4-6-13(17)7-5-12/h3-9,20H,1-2H3,(H,19,21)/b18-11+. The molecule has 2 aromatic rings. The van der Waals surface area contributed by atoms with Gasteiger partial charge in [-0.05, 0) is 50.2 Å². The van der Waals surface area contributed by atoms with E-state index >= 15 is 0 Å². The molecule has 2 N–H and O–H groups in total. The molecule has 0 spiro atoms. The Morgan fingerprint density at radius 3 is 2.52 bits per heavy atom. The van der Waals surface area contributed by atoms with Crippen molar-refractivity contribution < 1.29 is 9.90 Å². The summed E-state index contributed by atoms with van der Waals surface area (Å²) < 4.78 is 0. The third-order valence-corrected chi connectivity index (χ3v) is 3.23. The lowest BCUT2D eigenvalue weighted by atomic mass is 10.1. The molecule has 0 aromatic heterocycles. The van der Waals surface area contributed by atoms with Gasteiger partial charge in [-0.25, -0.2) is 5.43 Å². The summed E-state index contributed by atoms with van der Waals surface area (Å²) >= 11 is 5.77. The zero-order chi connectivity index (χ0) is 15.4. The molecule has 21 heavy (non-hydrogen) atoms. The monoisotopic (exact) mass is 302 g/mol. The summed E-state index contributed by atoms with van der Waals surface area (Å²) in [5.74, 6) is -0.208. The average Bonchev–Trinajstić information content (AvgIpc) is 2.47. The molecular weight excluding hydrogens is 288 g/mol. The number of benzene rings is 2. The van der Waals surface area contributed by atoms with Crippen LogP contribution in [0.5, 0.6) is 5.75 Å². The maximum atomic E-state index is 11.9. The Morgan fingerprint density at radius 2 is 1.86 bits per heavy atom. The third-order valence-electron chi connectivity index (χ3n) is 2.97. The number of halogens is 1. The van der Waals surface area contributed by atoms with Crippen LogP contribution in [0.1, 0.15) is 28.4 Å². The number of hydrogen-bond acceptors (Lipinski definition) is 3. The van der Waals surface area contributed by atoms with E-state index in [4.69, 9.17) is 11.6 Å². The number of phenols is 1. The Kier molecular flexibility index (Phi) is 4.60. The van der Waals surface area contributed by atoms with Gasteiger partial charge in [-0.1, -0.05) is 23.2 Å². The molecular formula is C16H15ClN2O2. The maximum absolute atomic E-state index is 11.9. The molecule has 0 saturated heterocycles. The largest absolute Gasteiger partial charge is 0.507 e. The molecule has 4 nitrogen and oxygen atoms in total. The number of nitrogens with zero attached hydrogens (tertiary/aromatic N) is 1. The lowest BCUT2D eigenvalue weighted by molar-refractivity contribution is 0.0955. The molecule has 0 aliphatic rings. The van der Waals surface area contributed by atoms with Crippen molar-refractivity contribution in [1.29, 1.82) is 0 Å². The van der Waals surface area contributed by atoms with Crippen LogP contribution in [0.15, 0.2) is 47.6 Å². The van der Waals surface area contributed by atoms with E-state index in [0.29, 0.717) is 21.9 Å². The molecule has 1 amide bonds. The van der Waals surface area contributed by atoms with Crippen LogP contribution in [0.3, 0.4) is 0 Å². The van der Waals surface area contributed by atoms with Crippen LogP contribution in [0, 0.1) is 6.92 Å². The molecule has 0 unspecified atom stereocenters. The quantitative estimate of drug-likeness (QED) is 0.673. The fraction of sp³-hybridized carbons (Fsp3) is 0.125. The van der Waals surface area contributed by atoms with Gasteiger partial charge in [-0.15, -0.1) is 0 Å². The van der Waals surface area contributed by atoms with Crippen molar-refractivity contribution in [2.24, 2.45) is 5.10 Å². The fourth-order valence-electron chi connectivity index (χ4n) is 1.80. The zero-order valence-electron chi connectivity index (χ0n) is 11.7. The number of aromatic hydroxyl groups is 1. The highest BCUT2D eigenvalue weighted by Crippen LogP contribution is 2.18. The first-order chi connectivity index (χ1) is 9.97. The number of carbonyl (C=O) groups excluding carboxylic acids is 1. The van der Waals surface area contributed by atoms with E-state index in [1.165, 1.54) is 0 Å². The van der Waals surface area contributed by atoms with Crippen molar-refractivity contribution in [3.8, 4) is 5.75 Å². The molecule has 0 aliphatic heterocycles. The summed E-state index contributed by atoms with van der Waals surface area (Å²) in [4.78, 5) is 11.9. The number of aryl methyl sites for hydroxylation is 1. The molecule has 0 atom stereocenters. The number of amides is 1. The molecule has 108 valence electrons. The average molecular weight is 303 g/mol. The highest BCUT2D eigenvalue weighted by Gasteiger charge is 2.07. The topological polar surface area (TPSA) is 61.7 Å². The van der Waals surface area contributed by atoms with E-state index in [0.717, 1.165) is 5.56 Å². The predicted octanol–water partition coefficient (Wildman–Crippen LogP) is 3.51. The first-order valence-electron chi connectivity index (χ1n) is 6.37. The van der Waals surface area contributed by atoms with Crippen LogP contribution in [0.4, 0.5) is 0 Å². The Balaban J connectivity index is 2.14. The maximum Gasteiger partial charge on any atom is 0.271 e. The summed E-state index contributed by atoms with van der Waals surface area (Å²) in [5.41, 5.74) is 5.04. The van der Waals surface area contributed by atoms with Gasteiger partial charge in [0, 0.05) is 16.1 Å². The lowest BCUT2D eigenvalue weighted by Crippen LogP contribution is -2.19. The predicted molar refractivity (Wildman–Crippen MR) is 84.0 cm³/mol. The summed E-state index contributed by atoms with van der Waals surface area (Å²) in [7, 11) is 0. The van der Waals surface area contributed by atoms with Crippen molar-refractivity contribution in [2.45, 2.75) is 13.8 Å². The first-order valence-corrected chi connectivity index (χ1v) is 6.75. The van der Waals surface area contributed by atoms with Gasteiger partial charge >= 0.3 is 0 Å². The van der Waals surface area contributed by atoms with Crippen LogP contribution in [-0.4, -0.2) is 16.7 Å². The van der Waals surface area contributed by atoms with E-state index < -0.39 is 0 Å². The van der Waals surface area contributed by atoms with Gasteiger partial charge in [-0.2, -0.15) is 5.10 Å². The molecule has 0 saturated carbocycles. The van der Waals surface area contributed by atoms with Crippen LogP contribution in [0.2, 0.25) is 5.02 Å². The lowest BCUT2D eigenvalue weighted by Gasteiger charge is -2.06. The van der Waals surface area contributed by atoms with Crippen molar-refractivity contribution in [2.75, 3.05) is 0 Å². The minimum atomic E-state index is -0.335. The number of hydrazone groups is 1. The number of carbonyl (C=O) groups is 1. The highest BCUT2D eigenvalue weighted by atomic mass is 35.5. The van der Waals surface area contributed by atoms with Crippen molar-refractivity contribution in [3.63, 3.8) is 0 Å². The van der Waals surface area contributed by atoms with Crippen molar-refractivity contribution in [1.82, 2.24) is 5.43 Å². The first kappa shape index (κ1) is 15.1. The van der Waals surface area contributed by atoms with Gasteiger partial charge < -0.3 is 5.11 Å². The number of rotatable bonds is 3. The molecule has 0 fully saturated rings.